The largest absolute Gasteiger partial charge is 0.463 e. The zero-order chi connectivity index (χ0) is 24.3. The van der Waals surface area contributed by atoms with E-state index in [1.54, 1.807) is 12.1 Å². The van der Waals surface area contributed by atoms with E-state index in [0.717, 1.165) is 25.0 Å². The Bertz CT molecular complexity index is 947. The molecule has 0 amide bonds. The summed E-state index contributed by atoms with van der Waals surface area (Å²) in [5.74, 6) is -4.26. The molecule has 1 saturated heterocycles. The van der Waals surface area contributed by atoms with Crippen LogP contribution in [0.25, 0.3) is 0 Å². The monoisotopic (exact) mass is 484 g/mol. The summed E-state index contributed by atoms with van der Waals surface area (Å²) in [7, 11) is 0. The second-order valence-electron chi connectivity index (χ2n) is 7.72. The van der Waals surface area contributed by atoms with Gasteiger partial charge in [-0.05, 0) is 17.2 Å². The van der Waals surface area contributed by atoms with Crippen LogP contribution < -0.4 is 0 Å². The van der Waals surface area contributed by atoms with Crippen molar-refractivity contribution >= 4 is 35.5 Å². The third-order valence-electron chi connectivity index (χ3n) is 5.18. The summed E-state index contributed by atoms with van der Waals surface area (Å²) < 4.78 is 33.9. The van der Waals surface area contributed by atoms with Gasteiger partial charge in [0.25, 0.3) is 0 Å². The molecule has 0 aromatic heterocycles. The number of hydrogen-bond acceptors (Lipinski definition) is 10. The smallest absolute Gasteiger partial charge is 0.303 e. The SMILES string of the molecule is CC(=O)OC[C@H]1O[C@]2(OCc3ccc(CCl)cc32)[C@H](OC(C)=O)[C@@H](OC(C)=O)[C@@H]1OC(C)=O. The molecule has 2 aliphatic rings. The van der Waals surface area contributed by atoms with Gasteiger partial charge in [0.15, 0.2) is 12.2 Å². The van der Waals surface area contributed by atoms with Gasteiger partial charge in [-0.15, -0.1) is 11.6 Å². The maximum atomic E-state index is 12.1. The van der Waals surface area contributed by atoms with Crippen LogP contribution in [0.5, 0.6) is 0 Å². The molecule has 10 nitrogen and oxygen atoms in total. The Balaban J connectivity index is 2.17. The number of hydrogen-bond donors (Lipinski definition) is 0. The van der Waals surface area contributed by atoms with Crippen LogP contribution in [-0.2, 0) is 65.9 Å². The lowest BCUT2D eigenvalue weighted by molar-refractivity contribution is -0.370. The van der Waals surface area contributed by atoms with Crippen LogP contribution >= 0.6 is 11.6 Å². The summed E-state index contributed by atoms with van der Waals surface area (Å²) >= 11 is 6.02. The Labute approximate surface area is 195 Å². The number of fused-ring (bicyclic) bond motifs is 2. The molecule has 2 heterocycles. The number of carbonyl (C=O) groups excluding carboxylic acids is 4. The van der Waals surface area contributed by atoms with Gasteiger partial charge >= 0.3 is 23.9 Å². The van der Waals surface area contributed by atoms with Gasteiger partial charge in [-0.1, -0.05) is 12.1 Å². The van der Waals surface area contributed by atoms with E-state index in [9.17, 15) is 19.2 Å². The average Bonchev–Trinajstić information content (AvgIpc) is 3.08. The third-order valence-corrected chi connectivity index (χ3v) is 5.49. The molecular formula is C22H25ClO10. The standard InChI is InChI=1S/C22H25ClO10/c1-11(24)28-10-18-19(30-12(2)25)20(31-13(3)26)21(32-14(4)27)22(33-18)17-7-15(8-23)5-6-16(17)9-29-22/h5-7,18-21H,8-10H2,1-4H3/t18-,19-,20+,21-,22+/m1/s1. The minimum atomic E-state index is -1.73. The Morgan fingerprint density at radius 2 is 1.61 bits per heavy atom. The zero-order valence-electron chi connectivity index (χ0n) is 18.6. The molecule has 0 unspecified atom stereocenters. The van der Waals surface area contributed by atoms with Crippen LogP contribution in [0.4, 0.5) is 0 Å². The average molecular weight is 485 g/mol. The Morgan fingerprint density at radius 1 is 0.970 bits per heavy atom. The molecule has 0 radical (unpaired) electrons. The first-order chi connectivity index (χ1) is 15.6. The zero-order valence-corrected chi connectivity index (χ0v) is 19.4. The number of halogens is 1. The molecule has 1 aromatic rings. The van der Waals surface area contributed by atoms with Gasteiger partial charge in [0.2, 0.25) is 11.9 Å². The quantitative estimate of drug-likeness (QED) is 0.335. The topological polar surface area (TPSA) is 124 Å². The molecule has 5 atom stereocenters. The van der Waals surface area contributed by atoms with Crippen molar-refractivity contribution in [3.8, 4) is 0 Å². The van der Waals surface area contributed by atoms with Crippen molar-refractivity contribution in [2.75, 3.05) is 6.61 Å². The number of esters is 4. The normalized spacial score (nSPS) is 28.0. The molecule has 1 fully saturated rings. The first-order valence-corrected chi connectivity index (χ1v) is 10.8. The summed E-state index contributed by atoms with van der Waals surface area (Å²) in [5.41, 5.74) is 1.99. The van der Waals surface area contributed by atoms with Crippen molar-refractivity contribution in [1.82, 2.24) is 0 Å². The highest BCUT2D eigenvalue weighted by atomic mass is 35.5. The molecule has 11 heteroatoms. The molecular weight excluding hydrogens is 460 g/mol. The molecule has 0 N–H and O–H groups in total. The lowest BCUT2D eigenvalue weighted by Crippen LogP contribution is -2.66. The number of carbonyl (C=O) groups is 4. The van der Waals surface area contributed by atoms with Crippen molar-refractivity contribution in [3.63, 3.8) is 0 Å². The Kier molecular flexibility index (Phi) is 7.61. The van der Waals surface area contributed by atoms with Gasteiger partial charge in [0.1, 0.15) is 12.7 Å². The lowest BCUT2D eigenvalue weighted by Gasteiger charge is -2.49. The fourth-order valence-corrected chi connectivity index (χ4v) is 4.18. The van der Waals surface area contributed by atoms with Crippen LogP contribution in [0, 0.1) is 0 Å². The molecule has 180 valence electrons. The van der Waals surface area contributed by atoms with E-state index in [2.05, 4.69) is 0 Å². The molecule has 0 bridgehead atoms. The minimum Gasteiger partial charge on any atom is -0.463 e. The van der Waals surface area contributed by atoms with Crippen molar-refractivity contribution in [2.24, 2.45) is 0 Å². The van der Waals surface area contributed by atoms with Crippen molar-refractivity contribution in [2.45, 2.75) is 70.4 Å². The molecule has 1 aromatic carbocycles. The van der Waals surface area contributed by atoms with Gasteiger partial charge in [0.05, 0.1) is 6.61 Å². The minimum absolute atomic E-state index is 0.0982. The van der Waals surface area contributed by atoms with Crippen molar-refractivity contribution < 1.29 is 47.6 Å². The molecule has 0 aliphatic carbocycles. The summed E-state index contributed by atoms with van der Waals surface area (Å²) in [5, 5.41) is 0. The highest BCUT2D eigenvalue weighted by Gasteiger charge is 2.64. The fraction of sp³-hybridized carbons (Fsp3) is 0.545. The van der Waals surface area contributed by atoms with Gasteiger partial charge in [-0.3, -0.25) is 19.2 Å². The number of alkyl halides is 1. The van der Waals surface area contributed by atoms with Crippen LogP contribution in [0.3, 0.4) is 0 Å². The predicted octanol–water partition coefficient (Wildman–Crippen LogP) is 1.87. The van der Waals surface area contributed by atoms with E-state index in [1.807, 2.05) is 6.07 Å². The summed E-state index contributed by atoms with van der Waals surface area (Å²) in [4.78, 5) is 47.4. The van der Waals surface area contributed by atoms with Gasteiger partial charge in [0, 0.05) is 39.1 Å². The highest BCUT2D eigenvalue weighted by Crippen LogP contribution is 2.48. The molecule has 3 rings (SSSR count). The van der Waals surface area contributed by atoms with Crippen molar-refractivity contribution in [3.05, 3.63) is 34.9 Å². The van der Waals surface area contributed by atoms with Crippen LogP contribution in [0.15, 0.2) is 18.2 Å². The summed E-state index contributed by atoms with van der Waals surface area (Å²) in [6.07, 6.45) is -5.04. The first-order valence-electron chi connectivity index (χ1n) is 10.2. The van der Waals surface area contributed by atoms with E-state index >= 15 is 0 Å². The van der Waals surface area contributed by atoms with E-state index in [-0.39, 0.29) is 19.1 Å². The molecule has 0 saturated carbocycles. The summed E-state index contributed by atoms with van der Waals surface area (Å²) in [6.45, 7) is 4.46. The highest BCUT2D eigenvalue weighted by molar-refractivity contribution is 6.17. The maximum Gasteiger partial charge on any atom is 0.303 e. The molecule has 2 aliphatic heterocycles. The van der Waals surface area contributed by atoms with E-state index in [0.29, 0.717) is 5.56 Å². The molecule has 33 heavy (non-hydrogen) atoms. The van der Waals surface area contributed by atoms with E-state index in [4.69, 9.17) is 40.0 Å². The Hall–Kier alpha value is -2.69. The number of benzene rings is 1. The fourth-order valence-electron chi connectivity index (χ4n) is 4.02. The second kappa shape index (κ2) is 10.1. The van der Waals surface area contributed by atoms with Crippen LogP contribution in [0.2, 0.25) is 0 Å². The van der Waals surface area contributed by atoms with Crippen LogP contribution in [0.1, 0.15) is 44.4 Å². The summed E-state index contributed by atoms with van der Waals surface area (Å²) in [6, 6.07) is 5.36. The second-order valence-corrected chi connectivity index (χ2v) is 7.99. The Morgan fingerprint density at radius 3 is 2.18 bits per heavy atom. The first kappa shape index (κ1) is 24.9. The van der Waals surface area contributed by atoms with Crippen LogP contribution in [-0.4, -0.2) is 54.9 Å². The predicted molar refractivity (Wildman–Crippen MR) is 111 cm³/mol. The molecule has 1 spiro atoms. The third kappa shape index (κ3) is 5.29. The van der Waals surface area contributed by atoms with E-state index < -0.39 is 54.1 Å². The van der Waals surface area contributed by atoms with Gasteiger partial charge in [-0.2, -0.15) is 0 Å². The van der Waals surface area contributed by atoms with E-state index in [1.165, 1.54) is 13.8 Å². The van der Waals surface area contributed by atoms with Gasteiger partial charge < -0.3 is 28.4 Å². The maximum absolute atomic E-state index is 12.1. The van der Waals surface area contributed by atoms with Crippen molar-refractivity contribution in [1.29, 1.82) is 0 Å². The number of rotatable bonds is 6. The number of ether oxygens (including phenoxy) is 6. The van der Waals surface area contributed by atoms with Gasteiger partial charge in [-0.25, -0.2) is 0 Å². The lowest BCUT2D eigenvalue weighted by atomic mass is 9.86.